The molecule has 0 radical (unpaired) electrons. The quantitative estimate of drug-likeness (QED) is 0.357. The number of nitrogens with zero attached hydrogens (tertiary/aromatic N) is 6. The standard InChI is InChI=1S/C26H24ClN7O3/c27-21-9-3-7-19(14-21)26(37,20-8-4-12-29-15-20)25(36)34(13-5-11-23(34)24(28)35)16-18-6-1-2-10-22(18)33-17-30-31-32-33/h1-4,6-10,12,14-15,17,23,37H,5,11,13,16H2,(H-,28,35)/p+1/t23-,26?,34?/m0/s1. The maximum absolute atomic E-state index is 14.8. The fourth-order valence-corrected chi connectivity index (χ4v) is 5.52. The van der Waals surface area contributed by atoms with Gasteiger partial charge in [0.2, 0.25) is 5.60 Å². The van der Waals surface area contributed by atoms with E-state index in [0.717, 1.165) is 5.56 Å². The third kappa shape index (κ3) is 4.29. The number of rotatable bonds is 7. The summed E-state index contributed by atoms with van der Waals surface area (Å²) in [6.45, 7) is 0.394. The molecule has 2 aromatic heterocycles. The van der Waals surface area contributed by atoms with E-state index >= 15 is 0 Å². The van der Waals surface area contributed by atoms with Gasteiger partial charge in [0.05, 0.1) is 12.2 Å². The van der Waals surface area contributed by atoms with Crippen molar-refractivity contribution in [3.05, 3.63) is 101 Å². The summed E-state index contributed by atoms with van der Waals surface area (Å²) in [4.78, 5) is 31.7. The average Bonchev–Trinajstić information content (AvgIpc) is 3.60. The SMILES string of the molecule is NC(=O)[C@@H]1CCC[N+]1(Cc1ccccc1-n1cnnn1)C(=O)C(O)(c1cccnc1)c1cccc(Cl)c1. The Bertz CT molecular complexity index is 1430. The van der Waals surface area contributed by atoms with Crippen molar-refractivity contribution in [3.8, 4) is 5.69 Å². The smallest absolute Gasteiger partial charge is 0.355 e. The van der Waals surface area contributed by atoms with Crippen LogP contribution in [-0.4, -0.2) is 59.2 Å². The molecule has 2 amide bonds. The second-order valence-corrected chi connectivity index (χ2v) is 9.56. The number of benzene rings is 2. The molecule has 2 aromatic carbocycles. The molecular weight excluding hydrogens is 494 g/mol. The van der Waals surface area contributed by atoms with E-state index in [1.807, 2.05) is 24.3 Å². The number of aromatic nitrogens is 5. The van der Waals surface area contributed by atoms with E-state index in [1.165, 1.54) is 17.2 Å². The van der Waals surface area contributed by atoms with Crippen LogP contribution in [0.4, 0.5) is 0 Å². The van der Waals surface area contributed by atoms with Crippen LogP contribution in [0.15, 0.2) is 79.4 Å². The first kappa shape index (κ1) is 24.7. The number of para-hydroxylation sites is 1. The van der Waals surface area contributed by atoms with Crippen LogP contribution in [0.5, 0.6) is 0 Å². The lowest BCUT2D eigenvalue weighted by Gasteiger charge is -2.41. The molecule has 0 aliphatic carbocycles. The van der Waals surface area contributed by atoms with E-state index in [1.54, 1.807) is 42.6 Å². The van der Waals surface area contributed by atoms with Gasteiger partial charge in [-0.15, -0.1) is 5.10 Å². The molecule has 3 heterocycles. The van der Waals surface area contributed by atoms with Gasteiger partial charge in [0.15, 0.2) is 6.04 Å². The molecule has 3 N–H and O–H groups in total. The summed E-state index contributed by atoms with van der Waals surface area (Å²) < 4.78 is 1.11. The summed E-state index contributed by atoms with van der Waals surface area (Å²) in [6, 6.07) is 16.3. The highest BCUT2D eigenvalue weighted by Gasteiger charge is 2.59. The Morgan fingerprint density at radius 2 is 1.95 bits per heavy atom. The van der Waals surface area contributed by atoms with Crippen molar-refractivity contribution in [2.75, 3.05) is 6.54 Å². The molecule has 1 aliphatic heterocycles. The number of carbonyl (C=O) groups is 2. The summed E-state index contributed by atoms with van der Waals surface area (Å²) >= 11 is 6.29. The molecule has 10 nitrogen and oxygen atoms in total. The Morgan fingerprint density at radius 1 is 1.14 bits per heavy atom. The highest BCUT2D eigenvalue weighted by atomic mass is 35.5. The van der Waals surface area contributed by atoms with Gasteiger partial charge in [-0.05, 0) is 34.7 Å². The van der Waals surface area contributed by atoms with Crippen molar-refractivity contribution in [3.63, 3.8) is 0 Å². The van der Waals surface area contributed by atoms with Crippen LogP contribution in [0.2, 0.25) is 5.02 Å². The van der Waals surface area contributed by atoms with E-state index in [4.69, 9.17) is 17.3 Å². The molecule has 4 aromatic rings. The van der Waals surface area contributed by atoms with Crippen LogP contribution in [-0.2, 0) is 21.7 Å². The first-order valence-corrected chi connectivity index (χ1v) is 12.2. The zero-order chi connectivity index (χ0) is 26.0. The maximum atomic E-state index is 14.8. The maximum Gasteiger partial charge on any atom is 0.355 e. The molecule has 37 heavy (non-hydrogen) atoms. The minimum absolute atomic E-state index is 0.0889. The molecular formula is C26H25ClN7O3+. The fourth-order valence-electron chi connectivity index (χ4n) is 5.33. The number of halogens is 1. The van der Waals surface area contributed by atoms with Crippen molar-refractivity contribution < 1.29 is 19.2 Å². The van der Waals surface area contributed by atoms with Crippen molar-refractivity contribution in [2.45, 2.75) is 31.0 Å². The van der Waals surface area contributed by atoms with Crippen LogP contribution in [0, 0.1) is 0 Å². The number of nitrogens with two attached hydrogens (primary N) is 1. The van der Waals surface area contributed by atoms with Gasteiger partial charge in [-0.2, -0.15) is 0 Å². The first-order chi connectivity index (χ1) is 17.9. The zero-order valence-corrected chi connectivity index (χ0v) is 20.6. The van der Waals surface area contributed by atoms with Crippen LogP contribution < -0.4 is 5.73 Å². The average molecular weight is 519 g/mol. The number of aliphatic hydroxyl groups is 1. The lowest BCUT2D eigenvalue weighted by Crippen LogP contribution is -2.65. The fraction of sp³-hybridized carbons (Fsp3) is 0.231. The molecule has 1 aliphatic rings. The number of quaternary nitrogens is 1. The number of carbonyl (C=O) groups excluding carboxylic acids is 2. The van der Waals surface area contributed by atoms with E-state index in [-0.39, 0.29) is 22.2 Å². The van der Waals surface area contributed by atoms with E-state index in [9.17, 15) is 14.7 Å². The highest BCUT2D eigenvalue weighted by molar-refractivity contribution is 6.30. The van der Waals surface area contributed by atoms with Gasteiger partial charge in [-0.3, -0.25) is 9.78 Å². The number of hydrogen-bond acceptors (Lipinski definition) is 7. The first-order valence-electron chi connectivity index (χ1n) is 11.8. The number of tetrazole rings is 1. The highest BCUT2D eigenvalue weighted by Crippen LogP contribution is 2.41. The van der Waals surface area contributed by atoms with Gasteiger partial charge in [0.1, 0.15) is 12.9 Å². The Balaban J connectivity index is 1.71. The third-order valence-corrected chi connectivity index (χ3v) is 7.27. The minimum Gasteiger partial charge on any atom is -0.369 e. The van der Waals surface area contributed by atoms with Crippen molar-refractivity contribution >= 4 is 23.4 Å². The van der Waals surface area contributed by atoms with E-state index < -0.39 is 23.5 Å². The molecule has 188 valence electrons. The second kappa shape index (κ2) is 9.81. The number of amides is 2. The zero-order valence-electron chi connectivity index (χ0n) is 19.8. The normalized spacial score (nSPS) is 20.9. The summed E-state index contributed by atoms with van der Waals surface area (Å²) in [5.41, 5.74) is 5.65. The molecule has 0 saturated carbocycles. The van der Waals surface area contributed by atoms with Gasteiger partial charge >= 0.3 is 5.91 Å². The Kier molecular flexibility index (Phi) is 6.55. The topological polar surface area (TPSA) is 137 Å². The van der Waals surface area contributed by atoms with Crippen LogP contribution in [0.1, 0.15) is 29.5 Å². The van der Waals surface area contributed by atoms with Crippen molar-refractivity contribution in [2.24, 2.45) is 5.73 Å². The number of hydrogen-bond donors (Lipinski definition) is 2. The minimum atomic E-state index is -2.15. The summed E-state index contributed by atoms with van der Waals surface area (Å²) in [5.74, 6) is -1.19. The summed E-state index contributed by atoms with van der Waals surface area (Å²) in [6.07, 6.45) is 5.44. The number of primary amides is 1. The molecule has 11 heteroatoms. The van der Waals surface area contributed by atoms with Gasteiger partial charge in [-0.1, -0.05) is 48.0 Å². The molecule has 1 fully saturated rings. The van der Waals surface area contributed by atoms with Crippen molar-refractivity contribution in [1.29, 1.82) is 0 Å². The van der Waals surface area contributed by atoms with Gasteiger partial charge in [0, 0.05) is 46.9 Å². The summed E-state index contributed by atoms with van der Waals surface area (Å²) in [5, 5.41) is 24.1. The lowest BCUT2D eigenvalue weighted by atomic mass is 9.84. The second-order valence-electron chi connectivity index (χ2n) is 9.13. The molecule has 3 atom stereocenters. The Hall–Kier alpha value is -3.99. The molecule has 1 saturated heterocycles. The lowest BCUT2D eigenvalue weighted by molar-refractivity contribution is -0.873. The van der Waals surface area contributed by atoms with Crippen LogP contribution >= 0.6 is 11.6 Å². The van der Waals surface area contributed by atoms with Gasteiger partial charge < -0.3 is 10.8 Å². The Labute approximate surface area is 217 Å². The predicted molar refractivity (Wildman–Crippen MR) is 134 cm³/mol. The van der Waals surface area contributed by atoms with Crippen LogP contribution in [0.25, 0.3) is 5.69 Å². The van der Waals surface area contributed by atoms with Gasteiger partial charge in [0.25, 0.3) is 5.91 Å². The third-order valence-electron chi connectivity index (χ3n) is 7.04. The molecule has 0 bridgehead atoms. The molecule has 2 unspecified atom stereocenters. The molecule has 5 rings (SSSR count). The van der Waals surface area contributed by atoms with E-state index in [2.05, 4.69) is 20.5 Å². The van der Waals surface area contributed by atoms with Crippen LogP contribution in [0.3, 0.4) is 0 Å². The van der Waals surface area contributed by atoms with Gasteiger partial charge in [-0.25, -0.2) is 14.0 Å². The largest absolute Gasteiger partial charge is 0.369 e. The molecule has 0 spiro atoms. The Morgan fingerprint density at radius 3 is 2.65 bits per heavy atom. The number of pyridine rings is 1. The summed E-state index contributed by atoms with van der Waals surface area (Å²) in [7, 11) is 0. The monoisotopic (exact) mass is 518 g/mol. The predicted octanol–water partition coefficient (Wildman–Crippen LogP) is 2.14. The number of likely N-dealkylation sites (tertiary alicyclic amines) is 1. The van der Waals surface area contributed by atoms with E-state index in [0.29, 0.717) is 30.1 Å². The van der Waals surface area contributed by atoms with Crippen molar-refractivity contribution in [1.82, 2.24) is 25.2 Å².